The van der Waals surface area contributed by atoms with E-state index in [2.05, 4.69) is 19.6 Å². The van der Waals surface area contributed by atoms with E-state index in [9.17, 15) is 14.7 Å². The van der Waals surface area contributed by atoms with Crippen molar-refractivity contribution in [3.63, 3.8) is 0 Å². The second-order valence-corrected chi connectivity index (χ2v) is 7.66. The standard InChI is InChI=1S/C20H38O4S/c1-2-3-4-5-6-7-8-9-10-11-12-13-14-15-16-20(24,19(23)25)17-18(21)22/h24H,2-17H2,1H3,(H,21,22)(H,23,25). The maximum absolute atomic E-state index is 11.3. The van der Waals surface area contributed by atoms with Crippen molar-refractivity contribution in [2.45, 2.75) is 115 Å². The number of hydrogen-bond donors (Lipinski definition) is 3. The first-order valence-electron chi connectivity index (χ1n) is 10.1. The van der Waals surface area contributed by atoms with E-state index in [0.29, 0.717) is 6.42 Å². The highest BCUT2D eigenvalue weighted by molar-refractivity contribution is 7.96. The second kappa shape index (κ2) is 15.7. The number of thiol groups is 1. The number of carboxylic acid groups (broad SMARTS) is 1. The van der Waals surface area contributed by atoms with Gasteiger partial charge in [-0.05, 0) is 6.42 Å². The van der Waals surface area contributed by atoms with Crippen LogP contribution in [-0.2, 0) is 9.59 Å². The summed E-state index contributed by atoms with van der Waals surface area (Å²) >= 11 is 3.62. The molecule has 0 saturated carbocycles. The normalized spacial score (nSPS) is 13.6. The summed E-state index contributed by atoms with van der Waals surface area (Å²) in [6, 6.07) is 0. The summed E-state index contributed by atoms with van der Waals surface area (Å²) in [6.07, 6.45) is 16.8. The number of aliphatic carboxylic acids is 1. The Labute approximate surface area is 159 Å². The van der Waals surface area contributed by atoms with Gasteiger partial charge in [0.05, 0.1) is 6.42 Å². The highest BCUT2D eigenvalue weighted by Gasteiger charge is 2.35. The summed E-state index contributed by atoms with van der Waals surface area (Å²) in [5.41, 5.74) is -1.81. The maximum atomic E-state index is 11.3. The summed E-state index contributed by atoms with van der Waals surface area (Å²) in [7, 11) is 0. The SMILES string of the molecule is CCCCCCCCCCCCCCCCC(O)(CC(=O)O)C(=O)S. The van der Waals surface area contributed by atoms with E-state index < -0.39 is 23.1 Å². The van der Waals surface area contributed by atoms with Gasteiger partial charge in [-0.2, -0.15) is 0 Å². The molecule has 0 aromatic rings. The van der Waals surface area contributed by atoms with E-state index in [1.807, 2.05) is 0 Å². The summed E-state index contributed by atoms with van der Waals surface area (Å²) < 4.78 is 0. The third-order valence-electron chi connectivity index (χ3n) is 4.79. The molecule has 1 atom stereocenters. The van der Waals surface area contributed by atoms with Crippen LogP contribution in [0.4, 0.5) is 0 Å². The van der Waals surface area contributed by atoms with Gasteiger partial charge in [0.15, 0.2) is 0 Å². The molecule has 0 fully saturated rings. The van der Waals surface area contributed by atoms with Crippen molar-refractivity contribution >= 4 is 23.7 Å². The zero-order chi connectivity index (χ0) is 19.0. The van der Waals surface area contributed by atoms with Crippen molar-refractivity contribution in [2.24, 2.45) is 0 Å². The predicted octanol–water partition coefficient (Wildman–Crippen LogP) is 5.52. The van der Waals surface area contributed by atoms with Crippen LogP contribution in [-0.4, -0.2) is 26.9 Å². The third-order valence-corrected chi connectivity index (χ3v) is 5.20. The van der Waals surface area contributed by atoms with Crippen LogP contribution in [0.3, 0.4) is 0 Å². The molecule has 0 bridgehead atoms. The van der Waals surface area contributed by atoms with Gasteiger partial charge in [-0.1, -0.05) is 96.8 Å². The minimum atomic E-state index is -1.81. The number of unbranched alkanes of at least 4 members (excludes halogenated alkanes) is 13. The van der Waals surface area contributed by atoms with Crippen LogP contribution in [0.5, 0.6) is 0 Å². The molecule has 0 amide bonds. The third kappa shape index (κ3) is 14.3. The molecule has 0 aromatic carbocycles. The first-order chi connectivity index (χ1) is 11.9. The summed E-state index contributed by atoms with van der Waals surface area (Å²) in [5.74, 6) is -1.17. The van der Waals surface area contributed by atoms with Crippen molar-refractivity contribution in [3.8, 4) is 0 Å². The van der Waals surface area contributed by atoms with Crippen LogP contribution < -0.4 is 0 Å². The van der Waals surface area contributed by atoms with Crippen molar-refractivity contribution < 1.29 is 19.8 Å². The first kappa shape index (κ1) is 24.5. The van der Waals surface area contributed by atoms with Crippen molar-refractivity contribution in [1.29, 1.82) is 0 Å². The number of carboxylic acids is 1. The van der Waals surface area contributed by atoms with Gasteiger partial charge in [0, 0.05) is 0 Å². The Morgan fingerprint density at radius 1 is 0.760 bits per heavy atom. The van der Waals surface area contributed by atoms with Gasteiger partial charge < -0.3 is 10.2 Å². The molecule has 0 spiro atoms. The van der Waals surface area contributed by atoms with Crippen LogP contribution in [0.1, 0.15) is 110 Å². The van der Waals surface area contributed by atoms with Crippen LogP contribution in [0, 0.1) is 0 Å². The average molecular weight is 375 g/mol. The molecule has 0 aliphatic carbocycles. The molecule has 1 unspecified atom stereocenters. The van der Waals surface area contributed by atoms with E-state index in [1.54, 1.807) is 0 Å². The van der Waals surface area contributed by atoms with Gasteiger partial charge in [-0.25, -0.2) is 0 Å². The van der Waals surface area contributed by atoms with Crippen molar-refractivity contribution in [1.82, 2.24) is 0 Å². The highest BCUT2D eigenvalue weighted by atomic mass is 32.1. The molecule has 0 aromatic heterocycles. The lowest BCUT2D eigenvalue weighted by atomic mass is 9.93. The lowest BCUT2D eigenvalue weighted by molar-refractivity contribution is -0.147. The van der Waals surface area contributed by atoms with Crippen molar-refractivity contribution in [3.05, 3.63) is 0 Å². The van der Waals surface area contributed by atoms with Crippen LogP contribution >= 0.6 is 12.6 Å². The molecule has 148 valence electrons. The zero-order valence-corrected chi connectivity index (χ0v) is 16.9. The number of aliphatic hydroxyl groups is 1. The molecule has 0 aliphatic rings. The molecular weight excluding hydrogens is 336 g/mol. The monoisotopic (exact) mass is 374 g/mol. The largest absolute Gasteiger partial charge is 0.481 e. The fourth-order valence-corrected chi connectivity index (χ4v) is 3.32. The highest BCUT2D eigenvalue weighted by Crippen LogP contribution is 2.23. The quantitative estimate of drug-likeness (QED) is 0.218. The van der Waals surface area contributed by atoms with Crippen LogP contribution in [0.25, 0.3) is 0 Å². The average Bonchev–Trinajstić information content (AvgIpc) is 2.54. The minimum absolute atomic E-state index is 0.180. The van der Waals surface area contributed by atoms with Gasteiger partial charge in [0.2, 0.25) is 5.12 Å². The molecule has 0 aliphatic heterocycles. The fraction of sp³-hybridized carbons (Fsp3) is 0.900. The number of carbonyl (C=O) groups excluding carboxylic acids is 1. The topological polar surface area (TPSA) is 74.6 Å². The van der Waals surface area contributed by atoms with Crippen molar-refractivity contribution in [2.75, 3.05) is 0 Å². The number of carbonyl (C=O) groups is 2. The van der Waals surface area contributed by atoms with Crippen LogP contribution in [0.15, 0.2) is 0 Å². The molecule has 2 N–H and O–H groups in total. The maximum Gasteiger partial charge on any atom is 0.306 e. The molecule has 0 rings (SSSR count). The predicted molar refractivity (Wildman–Crippen MR) is 106 cm³/mol. The lowest BCUT2D eigenvalue weighted by Gasteiger charge is -2.22. The Balaban J connectivity index is 3.46. The van der Waals surface area contributed by atoms with E-state index >= 15 is 0 Å². The van der Waals surface area contributed by atoms with E-state index in [1.165, 1.54) is 70.6 Å². The molecule has 0 saturated heterocycles. The van der Waals surface area contributed by atoms with Gasteiger partial charge >= 0.3 is 5.97 Å². The Bertz CT molecular complexity index is 360. The van der Waals surface area contributed by atoms with E-state index in [-0.39, 0.29) is 6.42 Å². The Hall–Kier alpha value is -0.550. The van der Waals surface area contributed by atoms with Gasteiger partial charge in [0.25, 0.3) is 0 Å². The Morgan fingerprint density at radius 3 is 1.44 bits per heavy atom. The molecule has 0 radical (unpaired) electrons. The van der Waals surface area contributed by atoms with E-state index in [0.717, 1.165) is 12.8 Å². The molecule has 4 nitrogen and oxygen atoms in total. The van der Waals surface area contributed by atoms with Gasteiger partial charge in [-0.15, -0.1) is 12.6 Å². The van der Waals surface area contributed by atoms with Crippen LogP contribution in [0.2, 0.25) is 0 Å². The minimum Gasteiger partial charge on any atom is -0.481 e. The first-order valence-corrected chi connectivity index (χ1v) is 10.5. The number of hydrogen-bond acceptors (Lipinski definition) is 3. The van der Waals surface area contributed by atoms with Gasteiger partial charge in [0.1, 0.15) is 5.60 Å². The second-order valence-electron chi connectivity index (χ2n) is 7.25. The zero-order valence-electron chi connectivity index (χ0n) is 16.0. The number of rotatable bonds is 18. The Kier molecular flexibility index (Phi) is 15.3. The molecule has 0 heterocycles. The molecule has 25 heavy (non-hydrogen) atoms. The summed E-state index contributed by atoms with van der Waals surface area (Å²) in [5, 5.41) is 18.1. The smallest absolute Gasteiger partial charge is 0.306 e. The fourth-order valence-electron chi connectivity index (χ4n) is 3.13. The van der Waals surface area contributed by atoms with E-state index in [4.69, 9.17) is 5.11 Å². The molecule has 5 heteroatoms. The lowest BCUT2D eigenvalue weighted by Crippen LogP contribution is -2.38. The summed E-state index contributed by atoms with van der Waals surface area (Å²) in [6.45, 7) is 2.25. The Morgan fingerprint density at radius 2 is 1.12 bits per heavy atom. The molecular formula is C20H38O4S. The van der Waals surface area contributed by atoms with Gasteiger partial charge in [-0.3, -0.25) is 9.59 Å². The summed E-state index contributed by atoms with van der Waals surface area (Å²) in [4.78, 5) is 22.0.